The second-order valence-electron chi connectivity index (χ2n) is 8.60. The molecule has 6 nitrogen and oxygen atoms in total. The van der Waals surface area contributed by atoms with Crippen LogP contribution < -0.4 is 10.5 Å². The first kappa shape index (κ1) is 25.0. The van der Waals surface area contributed by atoms with E-state index in [2.05, 4.69) is 9.68 Å². The SMILES string of the molecule is CC(C)(O)c1ccc(S(N)(=O)=NC(=O)Nc2c3c(c(F)c4c2CCC4)CCC3)c(Cl)c1.S. The van der Waals surface area contributed by atoms with Crippen LogP contribution in [-0.2, 0) is 41.2 Å². The highest BCUT2D eigenvalue weighted by Gasteiger charge is 2.30. The number of hydrogen-bond acceptors (Lipinski definition) is 3. The van der Waals surface area contributed by atoms with Crippen LogP contribution in [0, 0.1) is 5.82 Å². The van der Waals surface area contributed by atoms with Crippen molar-refractivity contribution in [1.82, 2.24) is 0 Å². The Balaban J connectivity index is 0.00000289. The highest BCUT2D eigenvalue weighted by atomic mass is 35.5. The van der Waals surface area contributed by atoms with Crippen LogP contribution in [0.5, 0.6) is 0 Å². The molecule has 0 saturated heterocycles. The molecule has 32 heavy (non-hydrogen) atoms. The molecule has 0 spiro atoms. The third-order valence-corrected chi connectivity index (χ3v) is 7.82. The molecule has 2 aromatic rings. The number of nitrogens with one attached hydrogen (secondary N) is 1. The number of carbonyl (C=O) groups excluding carboxylic acids is 1. The van der Waals surface area contributed by atoms with Crippen molar-refractivity contribution in [3.8, 4) is 0 Å². The van der Waals surface area contributed by atoms with Gasteiger partial charge >= 0.3 is 6.03 Å². The summed E-state index contributed by atoms with van der Waals surface area (Å²) in [6.45, 7) is 3.19. The summed E-state index contributed by atoms with van der Waals surface area (Å²) in [5.41, 5.74) is 2.89. The van der Waals surface area contributed by atoms with E-state index in [0.717, 1.165) is 24.0 Å². The van der Waals surface area contributed by atoms with E-state index < -0.39 is 21.5 Å². The fourth-order valence-corrected chi connectivity index (χ4v) is 5.96. The number of nitrogens with zero attached hydrogens (tertiary/aromatic N) is 1. The van der Waals surface area contributed by atoms with Gasteiger partial charge in [-0.2, -0.15) is 13.5 Å². The minimum absolute atomic E-state index is 0. The van der Waals surface area contributed by atoms with Crippen LogP contribution >= 0.6 is 25.1 Å². The number of hydrogen-bond donors (Lipinski definition) is 3. The normalized spacial score (nSPS) is 16.6. The molecule has 2 aromatic carbocycles. The van der Waals surface area contributed by atoms with Gasteiger partial charge in [-0.3, -0.25) is 0 Å². The summed E-state index contributed by atoms with van der Waals surface area (Å²) < 4.78 is 31.6. The minimum Gasteiger partial charge on any atom is -0.386 e. The fourth-order valence-electron chi connectivity index (χ4n) is 4.46. The molecule has 4 rings (SSSR count). The summed E-state index contributed by atoms with van der Waals surface area (Å²) in [7, 11) is -3.63. The van der Waals surface area contributed by atoms with Crippen molar-refractivity contribution < 1.29 is 18.5 Å². The standard InChI is InChI=1S/C22H25ClFN3O3S.H2S/c1-22(2,29)12-9-10-18(17(23)11-12)31(25,30)27-21(28)26-20-15-7-3-5-13(15)19(24)14-6-4-8-16(14)20;/h9-11,29H,3-8H2,1-2H3,(H3,25,26,27,28,30);1H2. The van der Waals surface area contributed by atoms with Gasteiger partial charge in [-0.15, -0.1) is 4.36 Å². The van der Waals surface area contributed by atoms with Crippen molar-refractivity contribution in [3.63, 3.8) is 0 Å². The van der Waals surface area contributed by atoms with Crippen LogP contribution in [0.2, 0.25) is 5.02 Å². The largest absolute Gasteiger partial charge is 0.386 e. The van der Waals surface area contributed by atoms with Crippen LogP contribution in [0.15, 0.2) is 27.5 Å². The zero-order valence-corrected chi connectivity index (χ0v) is 20.5. The number of nitrogens with two attached hydrogens (primary N) is 1. The zero-order valence-electron chi connectivity index (χ0n) is 17.9. The van der Waals surface area contributed by atoms with Gasteiger partial charge in [0.15, 0.2) is 0 Å². The molecule has 2 amide bonds. The average Bonchev–Trinajstić information content (AvgIpc) is 3.33. The molecule has 2 aliphatic carbocycles. The van der Waals surface area contributed by atoms with E-state index in [1.165, 1.54) is 12.1 Å². The summed E-state index contributed by atoms with van der Waals surface area (Å²) in [4.78, 5) is 12.7. The molecular weight excluding hydrogens is 473 g/mol. The summed E-state index contributed by atoms with van der Waals surface area (Å²) >= 11 is 6.23. The van der Waals surface area contributed by atoms with Crippen molar-refractivity contribution in [1.29, 1.82) is 0 Å². The average molecular weight is 500 g/mol. The van der Waals surface area contributed by atoms with Crippen molar-refractivity contribution in [3.05, 3.63) is 56.9 Å². The second kappa shape index (κ2) is 8.95. The molecule has 0 aliphatic heterocycles. The van der Waals surface area contributed by atoms with E-state index in [1.54, 1.807) is 19.9 Å². The molecule has 0 bridgehead atoms. The first-order chi connectivity index (χ1) is 14.5. The van der Waals surface area contributed by atoms with Gasteiger partial charge in [0.2, 0.25) is 0 Å². The molecule has 10 heteroatoms. The minimum atomic E-state index is -3.63. The molecule has 0 fully saturated rings. The van der Waals surface area contributed by atoms with Gasteiger partial charge in [-0.05, 0) is 92.3 Å². The molecule has 1 atom stereocenters. The Bertz CT molecular complexity index is 1180. The molecule has 0 radical (unpaired) electrons. The Morgan fingerprint density at radius 2 is 1.69 bits per heavy atom. The Morgan fingerprint density at radius 3 is 2.19 bits per heavy atom. The lowest BCUT2D eigenvalue weighted by Gasteiger charge is -2.19. The maximum Gasteiger partial charge on any atom is 0.354 e. The fraction of sp³-hybridized carbons (Fsp3) is 0.409. The van der Waals surface area contributed by atoms with Gasteiger partial charge in [-0.25, -0.2) is 18.5 Å². The number of carbonyl (C=O) groups is 1. The van der Waals surface area contributed by atoms with Gasteiger partial charge in [0.25, 0.3) is 0 Å². The van der Waals surface area contributed by atoms with Crippen LogP contribution in [0.25, 0.3) is 0 Å². The van der Waals surface area contributed by atoms with E-state index in [9.17, 15) is 18.5 Å². The van der Waals surface area contributed by atoms with E-state index in [1.807, 2.05) is 0 Å². The monoisotopic (exact) mass is 499 g/mol. The molecule has 1 unspecified atom stereocenters. The number of fused-ring (bicyclic) bond motifs is 2. The number of anilines is 1. The summed E-state index contributed by atoms with van der Waals surface area (Å²) in [5.74, 6) is -0.142. The molecule has 174 valence electrons. The van der Waals surface area contributed by atoms with Crippen LogP contribution in [0.3, 0.4) is 0 Å². The quantitative estimate of drug-likeness (QED) is 0.568. The smallest absolute Gasteiger partial charge is 0.354 e. The van der Waals surface area contributed by atoms with Gasteiger partial charge in [0.05, 0.1) is 15.5 Å². The Kier molecular flexibility index (Phi) is 6.98. The maximum absolute atomic E-state index is 14.8. The third-order valence-electron chi connectivity index (χ3n) is 5.97. The van der Waals surface area contributed by atoms with Gasteiger partial charge in [0.1, 0.15) is 15.7 Å². The number of amides is 2. The van der Waals surface area contributed by atoms with Crippen molar-refractivity contribution in [2.75, 3.05) is 5.32 Å². The van der Waals surface area contributed by atoms with Gasteiger partial charge in [-0.1, -0.05) is 17.7 Å². The van der Waals surface area contributed by atoms with Crippen LogP contribution in [0.4, 0.5) is 14.9 Å². The number of rotatable bonds is 3. The van der Waals surface area contributed by atoms with Crippen molar-refractivity contribution in [2.24, 2.45) is 9.50 Å². The third kappa shape index (κ3) is 4.54. The highest BCUT2D eigenvalue weighted by molar-refractivity contribution is 7.91. The molecule has 2 aliphatic rings. The number of halogens is 2. The van der Waals surface area contributed by atoms with Crippen LogP contribution in [-0.4, -0.2) is 15.3 Å². The van der Waals surface area contributed by atoms with E-state index in [0.29, 0.717) is 48.1 Å². The first-order valence-corrected chi connectivity index (χ1v) is 12.2. The number of benzene rings is 2. The molecule has 0 saturated carbocycles. The van der Waals surface area contributed by atoms with Crippen molar-refractivity contribution in [2.45, 2.75) is 62.9 Å². The lowest BCUT2D eigenvalue weighted by Crippen LogP contribution is -2.20. The second-order valence-corrected chi connectivity index (χ2v) is 10.8. The van der Waals surface area contributed by atoms with Gasteiger partial charge < -0.3 is 10.4 Å². The van der Waals surface area contributed by atoms with Crippen LogP contribution in [0.1, 0.15) is 54.5 Å². The highest BCUT2D eigenvalue weighted by Crippen LogP contribution is 2.41. The Labute approximate surface area is 199 Å². The number of urea groups is 1. The predicted molar refractivity (Wildman–Crippen MR) is 130 cm³/mol. The first-order valence-electron chi connectivity index (χ1n) is 10.2. The lowest BCUT2D eigenvalue weighted by atomic mass is 9.98. The predicted octanol–water partition coefficient (Wildman–Crippen LogP) is 4.73. The topological polar surface area (TPSA) is 105 Å². The number of aliphatic hydroxyl groups is 1. The zero-order chi connectivity index (χ0) is 22.6. The molecule has 4 N–H and O–H groups in total. The molecule has 0 aromatic heterocycles. The van der Waals surface area contributed by atoms with Crippen molar-refractivity contribution >= 4 is 46.7 Å². The Hall–Kier alpha value is -1.65. The maximum atomic E-state index is 14.8. The van der Waals surface area contributed by atoms with E-state index in [4.69, 9.17) is 16.7 Å². The molecular formula is C22H27ClFN3O3S2. The van der Waals surface area contributed by atoms with Gasteiger partial charge in [0, 0.05) is 5.69 Å². The summed E-state index contributed by atoms with van der Waals surface area (Å²) in [5, 5.41) is 18.8. The Morgan fingerprint density at radius 1 is 1.16 bits per heavy atom. The lowest BCUT2D eigenvalue weighted by molar-refractivity contribution is 0.0785. The summed E-state index contributed by atoms with van der Waals surface area (Å²) in [6.07, 6.45) is 4.29. The summed E-state index contributed by atoms with van der Waals surface area (Å²) in [6, 6.07) is 3.55. The van der Waals surface area contributed by atoms with E-state index in [-0.39, 0.29) is 29.2 Å². The van der Waals surface area contributed by atoms with E-state index >= 15 is 0 Å². The molecule has 0 heterocycles.